The molecule has 0 aliphatic rings. The van der Waals surface area contributed by atoms with Crippen molar-refractivity contribution in [3.05, 3.63) is 99.1 Å². The molecule has 0 bridgehead atoms. The van der Waals surface area contributed by atoms with Gasteiger partial charge in [-0.05, 0) is 61.6 Å². The van der Waals surface area contributed by atoms with E-state index in [1.807, 2.05) is 53.2 Å². The number of aromatic nitrogens is 6. The number of aryl methyl sites for hydroxylation is 1. The van der Waals surface area contributed by atoms with Crippen LogP contribution in [0.5, 0.6) is 5.75 Å². The summed E-state index contributed by atoms with van der Waals surface area (Å²) < 4.78 is 9.85. The number of para-hydroxylation sites is 1. The van der Waals surface area contributed by atoms with Crippen LogP contribution in [-0.2, 0) is 13.0 Å². The second-order valence-electron chi connectivity index (χ2n) is 8.39. The highest BCUT2D eigenvalue weighted by molar-refractivity contribution is 9.10. The predicted octanol–water partition coefficient (Wildman–Crippen LogP) is 5.26. The number of H-pyrrole nitrogens is 1. The van der Waals surface area contributed by atoms with E-state index in [2.05, 4.69) is 67.7 Å². The molecule has 2 aromatic heterocycles. The third kappa shape index (κ3) is 4.49. The summed E-state index contributed by atoms with van der Waals surface area (Å²) in [5, 5.41) is 14.3. The Morgan fingerprint density at radius 2 is 1.78 bits per heavy atom. The van der Waals surface area contributed by atoms with E-state index >= 15 is 0 Å². The minimum Gasteiger partial charge on any atom is -0.495 e. The van der Waals surface area contributed by atoms with E-state index in [0.717, 1.165) is 45.3 Å². The minimum atomic E-state index is -0.101. The van der Waals surface area contributed by atoms with Crippen LogP contribution in [0.2, 0.25) is 0 Å². The summed E-state index contributed by atoms with van der Waals surface area (Å²) in [5.74, 6) is 1.26. The first-order chi connectivity index (χ1) is 17.6. The van der Waals surface area contributed by atoms with E-state index < -0.39 is 0 Å². The Morgan fingerprint density at radius 1 is 1.00 bits per heavy atom. The van der Waals surface area contributed by atoms with Crippen molar-refractivity contribution in [3.8, 4) is 34.0 Å². The zero-order chi connectivity index (χ0) is 25.1. The van der Waals surface area contributed by atoms with E-state index in [1.54, 1.807) is 11.7 Å². The summed E-state index contributed by atoms with van der Waals surface area (Å²) in [4.78, 5) is 13.6. The zero-order valence-electron chi connectivity index (χ0n) is 20.0. The fourth-order valence-electron chi connectivity index (χ4n) is 4.39. The molecule has 5 aromatic rings. The standard InChI is InChI=1S/C27H25BrN6O2/c1-3-7-20-17-34(25-23(28)10-6-11-24(25)36-2)27(35)33(20)16-18-12-14-19(15-13-18)21-8-4-5-9-22(21)26-29-31-32-30-26/h4-6,8-15,17H,3,7,16H2,1-2H3,(H,29,30,31,32). The van der Waals surface area contributed by atoms with Crippen LogP contribution >= 0.6 is 15.9 Å². The van der Waals surface area contributed by atoms with Gasteiger partial charge in [0.05, 0.1) is 13.7 Å². The number of hydrogen-bond acceptors (Lipinski definition) is 5. The number of methoxy groups -OCH3 is 1. The maximum absolute atomic E-state index is 13.6. The number of hydrogen-bond donors (Lipinski definition) is 1. The topological polar surface area (TPSA) is 90.6 Å². The molecule has 5 rings (SSSR count). The molecule has 8 nitrogen and oxygen atoms in total. The van der Waals surface area contributed by atoms with Gasteiger partial charge in [-0.15, -0.1) is 5.10 Å². The molecule has 0 saturated heterocycles. The maximum Gasteiger partial charge on any atom is 0.333 e. The van der Waals surface area contributed by atoms with Gasteiger partial charge in [0, 0.05) is 21.9 Å². The van der Waals surface area contributed by atoms with Crippen molar-refractivity contribution in [1.29, 1.82) is 0 Å². The first kappa shape index (κ1) is 23.7. The normalized spacial score (nSPS) is 11.1. The third-order valence-corrected chi connectivity index (χ3v) is 6.75. The van der Waals surface area contributed by atoms with E-state index in [-0.39, 0.29) is 5.69 Å². The second kappa shape index (κ2) is 10.3. The van der Waals surface area contributed by atoms with Gasteiger partial charge < -0.3 is 4.74 Å². The summed E-state index contributed by atoms with van der Waals surface area (Å²) in [7, 11) is 1.61. The van der Waals surface area contributed by atoms with Gasteiger partial charge in [-0.25, -0.2) is 9.89 Å². The lowest BCUT2D eigenvalue weighted by atomic mass is 9.98. The van der Waals surface area contributed by atoms with Crippen LogP contribution < -0.4 is 10.4 Å². The number of rotatable bonds is 8. The zero-order valence-corrected chi connectivity index (χ0v) is 21.6. The monoisotopic (exact) mass is 544 g/mol. The molecule has 3 aromatic carbocycles. The number of nitrogens with zero attached hydrogens (tertiary/aromatic N) is 5. The Labute approximate surface area is 216 Å². The van der Waals surface area contributed by atoms with Gasteiger partial charge in [-0.3, -0.25) is 9.13 Å². The number of halogens is 1. The number of imidazole rings is 1. The van der Waals surface area contributed by atoms with Crippen LogP contribution in [0.25, 0.3) is 28.2 Å². The van der Waals surface area contributed by atoms with Crippen molar-refractivity contribution in [2.75, 3.05) is 7.11 Å². The predicted molar refractivity (Wildman–Crippen MR) is 142 cm³/mol. The Bertz CT molecular complexity index is 1540. The lowest BCUT2D eigenvalue weighted by Gasteiger charge is -2.11. The number of aromatic amines is 1. The van der Waals surface area contributed by atoms with E-state index in [1.165, 1.54) is 0 Å². The lowest BCUT2D eigenvalue weighted by Crippen LogP contribution is -2.25. The summed E-state index contributed by atoms with van der Waals surface area (Å²) in [6.07, 6.45) is 3.65. The fraction of sp³-hybridized carbons (Fsp3) is 0.185. The van der Waals surface area contributed by atoms with Crippen LogP contribution in [0.15, 0.2) is 82.2 Å². The average molecular weight is 545 g/mol. The molecule has 0 spiro atoms. The fourth-order valence-corrected chi connectivity index (χ4v) is 4.93. The molecule has 2 heterocycles. The molecule has 0 saturated carbocycles. The van der Waals surface area contributed by atoms with Gasteiger partial charge >= 0.3 is 5.69 Å². The van der Waals surface area contributed by atoms with Crippen molar-refractivity contribution in [1.82, 2.24) is 29.8 Å². The Morgan fingerprint density at radius 3 is 2.47 bits per heavy atom. The largest absolute Gasteiger partial charge is 0.495 e. The van der Waals surface area contributed by atoms with Crippen LogP contribution in [0.1, 0.15) is 24.6 Å². The van der Waals surface area contributed by atoms with Crippen molar-refractivity contribution in [2.24, 2.45) is 0 Å². The summed E-state index contributed by atoms with van der Waals surface area (Å²) in [6, 6.07) is 21.9. The van der Waals surface area contributed by atoms with Gasteiger partial charge in [0.2, 0.25) is 0 Å². The molecule has 0 aliphatic heterocycles. The number of nitrogens with one attached hydrogen (secondary N) is 1. The Hall–Kier alpha value is -3.98. The molecular formula is C27H25BrN6O2. The second-order valence-corrected chi connectivity index (χ2v) is 9.25. The summed E-state index contributed by atoms with van der Waals surface area (Å²) >= 11 is 3.59. The Kier molecular flexibility index (Phi) is 6.81. The molecule has 36 heavy (non-hydrogen) atoms. The highest BCUT2D eigenvalue weighted by Crippen LogP contribution is 2.31. The van der Waals surface area contributed by atoms with E-state index in [4.69, 9.17) is 4.74 Å². The minimum absolute atomic E-state index is 0.101. The maximum atomic E-state index is 13.6. The van der Waals surface area contributed by atoms with Crippen molar-refractivity contribution in [2.45, 2.75) is 26.3 Å². The highest BCUT2D eigenvalue weighted by atomic mass is 79.9. The molecule has 0 atom stereocenters. The lowest BCUT2D eigenvalue weighted by molar-refractivity contribution is 0.412. The third-order valence-electron chi connectivity index (χ3n) is 6.11. The Balaban J connectivity index is 1.50. The van der Waals surface area contributed by atoms with Crippen molar-refractivity contribution in [3.63, 3.8) is 0 Å². The quantitative estimate of drug-likeness (QED) is 0.287. The summed E-state index contributed by atoms with van der Waals surface area (Å²) in [5.41, 5.74) is 5.62. The van der Waals surface area contributed by atoms with Gasteiger partial charge in [-0.1, -0.05) is 67.9 Å². The van der Waals surface area contributed by atoms with Gasteiger partial charge in [0.25, 0.3) is 0 Å². The van der Waals surface area contributed by atoms with Gasteiger partial charge in [0.15, 0.2) is 5.82 Å². The van der Waals surface area contributed by atoms with Crippen molar-refractivity contribution < 1.29 is 4.74 Å². The molecule has 1 N–H and O–H groups in total. The number of ether oxygens (including phenoxy) is 1. The molecule has 0 amide bonds. The van der Waals surface area contributed by atoms with Gasteiger partial charge in [-0.2, -0.15) is 0 Å². The molecule has 0 fully saturated rings. The van der Waals surface area contributed by atoms with Crippen LogP contribution in [0, 0.1) is 0 Å². The number of tetrazole rings is 1. The first-order valence-corrected chi connectivity index (χ1v) is 12.5. The van der Waals surface area contributed by atoms with Crippen LogP contribution in [0.4, 0.5) is 0 Å². The molecule has 0 radical (unpaired) electrons. The molecule has 9 heteroatoms. The highest BCUT2D eigenvalue weighted by Gasteiger charge is 2.18. The van der Waals surface area contributed by atoms with E-state index in [0.29, 0.717) is 23.8 Å². The average Bonchev–Trinajstić information content (AvgIpc) is 3.54. The molecular weight excluding hydrogens is 520 g/mol. The molecule has 182 valence electrons. The van der Waals surface area contributed by atoms with Crippen molar-refractivity contribution >= 4 is 15.9 Å². The SMILES string of the molecule is CCCc1cn(-c2c(Br)cccc2OC)c(=O)n1Cc1ccc(-c2ccccc2-c2nnn[nH]2)cc1. The summed E-state index contributed by atoms with van der Waals surface area (Å²) in [6.45, 7) is 2.59. The molecule has 0 aliphatic carbocycles. The van der Waals surface area contributed by atoms with Crippen LogP contribution in [-0.4, -0.2) is 36.9 Å². The van der Waals surface area contributed by atoms with Crippen LogP contribution in [0.3, 0.4) is 0 Å². The van der Waals surface area contributed by atoms with Gasteiger partial charge in [0.1, 0.15) is 11.4 Å². The van der Waals surface area contributed by atoms with E-state index in [9.17, 15) is 4.79 Å². The first-order valence-electron chi connectivity index (χ1n) is 11.7. The smallest absolute Gasteiger partial charge is 0.333 e. The molecule has 0 unspecified atom stereocenters. The number of benzene rings is 3.